The van der Waals surface area contributed by atoms with Gasteiger partial charge in [0.2, 0.25) is 5.82 Å². The van der Waals surface area contributed by atoms with Crippen LogP contribution in [0.15, 0.2) is 58.3 Å². The first-order valence-corrected chi connectivity index (χ1v) is 14.5. The van der Waals surface area contributed by atoms with E-state index in [-0.39, 0.29) is 5.75 Å². The van der Waals surface area contributed by atoms with E-state index in [9.17, 15) is 41.6 Å². The number of esters is 1. The van der Waals surface area contributed by atoms with Crippen molar-refractivity contribution in [3.8, 4) is 5.75 Å². The second-order valence-electron chi connectivity index (χ2n) is 9.97. The fourth-order valence-electron chi connectivity index (χ4n) is 4.36. The van der Waals surface area contributed by atoms with Crippen molar-refractivity contribution in [2.75, 3.05) is 0 Å². The van der Waals surface area contributed by atoms with Crippen LogP contribution in [0.5, 0.6) is 5.75 Å². The molecule has 2 heterocycles. The summed E-state index contributed by atoms with van der Waals surface area (Å²) in [5.41, 5.74) is -2.58. The molecule has 1 fully saturated rings. The summed E-state index contributed by atoms with van der Waals surface area (Å²) in [6.07, 6.45) is -15.3. The van der Waals surface area contributed by atoms with E-state index in [0.717, 1.165) is 0 Å². The maximum absolute atomic E-state index is 14.5. The molecule has 1 saturated heterocycles. The number of carbonyl (C=O) groups excluding carboxylic acids is 1. The summed E-state index contributed by atoms with van der Waals surface area (Å²) in [5, 5.41) is 13.7. The van der Waals surface area contributed by atoms with E-state index in [4.69, 9.17) is 18.5 Å². The van der Waals surface area contributed by atoms with Crippen LogP contribution in [0.2, 0.25) is 0 Å². The molecular formula is C26H28F4N3O9P. The number of benzene rings is 2. The van der Waals surface area contributed by atoms with Gasteiger partial charge in [-0.3, -0.25) is 23.7 Å². The summed E-state index contributed by atoms with van der Waals surface area (Å²) in [6, 6.07) is 9.53. The summed E-state index contributed by atoms with van der Waals surface area (Å²) < 4.78 is 92.8. The molecule has 0 bridgehead atoms. The zero-order chi connectivity index (χ0) is 31.7. The van der Waals surface area contributed by atoms with Crippen molar-refractivity contribution in [1.29, 1.82) is 0 Å². The van der Waals surface area contributed by atoms with Gasteiger partial charge in [0.05, 0.1) is 18.4 Å². The van der Waals surface area contributed by atoms with Crippen LogP contribution in [0, 0.1) is 5.82 Å². The maximum Gasteiger partial charge on any atom is 0.460 e. The standard InChI is InChI=1S/C26H28F4N3O9P/c1-13(2)39-24(36)14(3)32-43(38,41-19-10-6-8-15-7-4-5-9-16(15)19)42-22(26(28,29)30)21-18(34)11-20(40-21)33-12-17(27)23(35)31-25(33)37/h4-10,12-14,18,20-22,34H,11H2,1-3H3,(H,32,38)(H,31,35,37)/t14-,18-,20+,21-,22-,43+/m0/s1. The normalized spacial score (nSPS) is 21.8. The fourth-order valence-corrected chi connectivity index (χ4v) is 6.05. The number of nitrogens with one attached hydrogen (secondary N) is 2. The molecule has 3 N–H and O–H groups in total. The first-order valence-electron chi connectivity index (χ1n) is 12.9. The van der Waals surface area contributed by atoms with Crippen LogP contribution in [0.3, 0.4) is 0 Å². The van der Waals surface area contributed by atoms with Gasteiger partial charge in [0.1, 0.15) is 24.1 Å². The Balaban J connectivity index is 1.71. The number of fused-ring (bicyclic) bond motifs is 1. The molecule has 0 amide bonds. The van der Waals surface area contributed by atoms with Gasteiger partial charge in [-0.05, 0) is 32.2 Å². The molecule has 0 saturated carbocycles. The molecule has 12 nitrogen and oxygen atoms in total. The minimum absolute atomic E-state index is 0.152. The van der Waals surface area contributed by atoms with Gasteiger partial charge in [0, 0.05) is 11.8 Å². The molecule has 2 aromatic carbocycles. The van der Waals surface area contributed by atoms with Crippen LogP contribution >= 0.6 is 7.75 Å². The Hall–Kier alpha value is -3.56. The van der Waals surface area contributed by atoms with Crippen molar-refractivity contribution in [2.24, 2.45) is 0 Å². The van der Waals surface area contributed by atoms with Crippen LogP contribution in [0.4, 0.5) is 17.6 Å². The van der Waals surface area contributed by atoms with Gasteiger partial charge in [-0.15, -0.1) is 0 Å². The maximum atomic E-state index is 14.5. The summed E-state index contributed by atoms with van der Waals surface area (Å²) in [5.74, 6) is -2.55. The van der Waals surface area contributed by atoms with Crippen molar-refractivity contribution in [3.63, 3.8) is 0 Å². The molecule has 0 aliphatic carbocycles. The van der Waals surface area contributed by atoms with Crippen LogP contribution in [-0.2, 0) is 23.4 Å². The van der Waals surface area contributed by atoms with Gasteiger partial charge >= 0.3 is 25.6 Å². The molecule has 0 spiro atoms. The molecule has 43 heavy (non-hydrogen) atoms. The third kappa shape index (κ3) is 7.51. The highest BCUT2D eigenvalue weighted by molar-refractivity contribution is 7.52. The largest absolute Gasteiger partial charge is 0.462 e. The number of aliphatic hydroxyl groups is 1. The smallest absolute Gasteiger partial charge is 0.460 e. The first kappa shape index (κ1) is 32.4. The number of aromatic nitrogens is 2. The first-order chi connectivity index (χ1) is 20.1. The molecule has 1 aliphatic rings. The monoisotopic (exact) mass is 633 g/mol. The number of halogens is 4. The Kier molecular flexibility index (Phi) is 9.47. The van der Waals surface area contributed by atoms with Gasteiger partial charge < -0.3 is 19.1 Å². The summed E-state index contributed by atoms with van der Waals surface area (Å²) in [4.78, 5) is 37.7. The highest BCUT2D eigenvalue weighted by Gasteiger charge is 2.56. The second-order valence-corrected chi connectivity index (χ2v) is 11.6. The number of rotatable bonds is 10. The Morgan fingerprint density at radius 2 is 1.84 bits per heavy atom. The van der Waals surface area contributed by atoms with Gasteiger partial charge in [-0.1, -0.05) is 36.4 Å². The second kappa shape index (κ2) is 12.6. The number of ether oxygens (including phenoxy) is 2. The zero-order valence-electron chi connectivity index (χ0n) is 22.9. The molecule has 234 valence electrons. The topological polar surface area (TPSA) is 158 Å². The van der Waals surface area contributed by atoms with Crippen LogP contribution in [0.25, 0.3) is 10.8 Å². The predicted octanol–water partition coefficient (Wildman–Crippen LogP) is 3.54. The third-order valence-electron chi connectivity index (χ3n) is 6.27. The summed E-state index contributed by atoms with van der Waals surface area (Å²) >= 11 is 0. The van der Waals surface area contributed by atoms with Crippen molar-refractivity contribution in [3.05, 3.63) is 75.3 Å². The van der Waals surface area contributed by atoms with Gasteiger partial charge in [0.15, 0.2) is 6.10 Å². The van der Waals surface area contributed by atoms with Crippen molar-refractivity contribution >= 4 is 24.5 Å². The molecular weight excluding hydrogens is 605 g/mol. The minimum atomic E-state index is -5.36. The lowest BCUT2D eigenvalue weighted by Crippen LogP contribution is -2.48. The van der Waals surface area contributed by atoms with Crippen LogP contribution in [-0.4, -0.2) is 57.3 Å². The number of aromatic amines is 1. The molecule has 0 unspecified atom stereocenters. The van der Waals surface area contributed by atoms with E-state index in [1.165, 1.54) is 32.9 Å². The van der Waals surface area contributed by atoms with E-state index < -0.39 is 80.1 Å². The van der Waals surface area contributed by atoms with Crippen LogP contribution in [0.1, 0.15) is 33.4 Å². The molecule has 1 aliphatic heterocycles. The average Bonchev–Trinajstić information content (AvgIpc) is 3.29. The highest BCUT2D eigenvalue weighted by Crippen LogP contribution is 2.51. The number of aliphatic hydroxyl groups excluding tert-OH is 1. The fraction of sp³-hybridized carbons (Fsp3) is 0.423. The molecule has 3 aromatic rings. The third-order valence-corrected chi connectivity index (χ3v) is 7.92. The Morgan fingerprint density at radius 1 is 1.16 bits per heavy atom. The summed E-state index contributed by atoms with van der Waals surface area (Å²) in [6.45, 7) is 4.23. The highest BCUT2D eigenvalue weighted by atomic mass is 31.2. The Morgan fingerprint density at radius 3 is 2.51 bits per heavy atom. The minimum Gasteiger partial charge on any atom is -0.462 e. The van der Waals surface area contributed by atoms with E-state index >= 15 is 0 Å². The predicted molar refractivity (Wildman–Crippen MR) is 143 cm³/mol. The Bertz CT molecular complexity index is 1640. The van der Waals surface area contributed by atoms with E-state index in [0.29, 0.717) is 21.5 Å². The SMILES string of the molecule is CC(C)OC(=O)[C@H](C)N[P@@](=O)(Oc1cccc2ccccc12)O[C@@H]([C@H]1O[C@@H](n2cc(F)c(=O)[nH]c2=O)C[C@@H]1O)C(F)(F)F. The number of hydrogen-bond donors (Lipinski definition) is 3. The number of hydrogen-bond acceptors (Lipinski definition) is 9. The van der Waals surface area contributed by atoms with Crippen LogP contribution < -0.4 is 20.9 Å². The lowest BCUT2D eigenvalue weighted by Gasteiger charge is -2.32. The van der Waals surface area contributed by atoms with E-state index in [2.05, 4.69) is 5.09 Å². The quantitative estimate of drug-likeness (QED) is 0.171. The lowest BCUT2D eigenvalue weighted by molar-refractivity contribution is -0.237. The van der Waals surface area contributed by atoms with E-state index in [1.807, 2.05) is 0 Å². The molecule has 17 heteroatoms. The van der Waals surface area contributed by atoms with Gasteiger partial charge in [-0.25, -0.2) is 9.36 Å². The number of nitrogens with zero attached hydrogens (tertiary/aromatic N) is 1. The van der Waals surface area contributed by atoms with Crippen molar-refractivity contribution in [2.45, 2.75) is 70.1 Å². The molecule has 0 radical (unpaired) electrons. The zero-order valence-corrected chi connectivity index (χ0v) is 23.8. The lowest BCUT2D eigenvalue weighted by atomic mass is 10.1. The van der Waals surface area contributed by atoms with Crippen molar-refractivity contribution < 1.29 is 50.5 Å². The molecule has 1 aromatic heterocycles. The molecule has 4 rings (SSSR count). The number of H-pyrrole nitrogens is 1. The van der Waals surface area contributed by atoms with Gasteiger partial charge in [0.25, 0.3) is 5.56 Å². The van der Waals surface area contributed by atoms with Gasteiger partial charge in [-0.2, -0.15) is 22.6 Å². The molecule has 6 atom stereocenters. The average molecular weight is 633 g/mol. The Labute approximate surface area is 241 Å². The number of alkyl halides is 3. The van der Waals surface area contributed by atoms with Crippen molar-refractivity contribution in [1.82, 2.24) is 14.6 Å². The van der Waals surface area contributed by atoms with E-state index in [1.54, 1.807) is 35.3 Å². The number of carbonyl (C=O) groups is 1. The summed E-state index contributed by atoms with van der Waals surface area (Å²) in [7, 11) is -5.18.